The van der Waals surface area contributed by atoms with E-state index in [1.54, 1.807) is 18.4 Å². The molecule has 0 bridgehead atoms. The summed E-state index contributed by atoms with van der Waals surface area (Å²) in [5, 5.41) is 2.84. The highest BCUT2D eigenvalue weighted by Crippen LogP contribution is 2.26. The van der Waals surface area contributed by atoms with Crippen LogP contribution in [-0.4, -0.2) is 24.1 Å². The van der Waals surface area contributed by atoms with Gasteiger partial charge in [0.25, 0.3) is 5.91 Å². The Bertz CT molecular complexity index is 550. The lowest BCUT2D eigenvalue weighted by Gasteiger charge is -2.28. The van der Waals surface area contributed by atoms with Crippen LogP contribution in [0, 0.1) is 11.7 Å². The van der Waals surface area contributed by atoms with Crippen molar-refractivity contribution in [2.45, 2.75) is 36.6 Å². The quantitative estimate of drug-likeness (QED) is 0.838. The van der Waals surface area contributed by atoms with Crippen LogP contribution in [0.5, 0.6) is 0 Å². The van der Waals surface area contributed by atoms with Gasteiger partial charge in [-0.05, 0) is 37.7 Å². The Morgan fingerprint density at radius 3 is 2.81 bits per heavy atom. The molecule has 1 aliphatic rings. The second kappa shape index (κ2) is 6.93. The number of rotatable bonds is 4. The summed E-state index contributed by atoms with van der Waals surface area (Å²) in [6, 6.07) is 4.46. The summed E-state index contributed by atoms with van der Waals surface area (Å²) in [7, 11) is 0. The van der Waals surface area contributed by atoms with Crippen molar-refractivity contribution in [3.8, 4) is 0 Å². The SMILES string of the molecule is CSc1cccc(F)c1C(=O)N[C@H]1CCC[C@H](C(N)=O)C1. The third kappa shape index (κ3) is 3.75. The Hall–Kier alpha value is -1.56. The molecular weight excluding hydrogens is 291 g/mol. The summed E-state index contributed by atoms with van der Waals surface area (Å²) >= 11 is 1.33. The first-order valence-corrected chi connectivity index (χ1v) is 8.18. The molecule has 21 heavy (non-hydrogen) atoms. The van der Waals surface area contributed by atoms with Gasteiger partial charge in [0.15, 0.2) is 0 Å². The lowest BCUT2D eigenvalue weighted by atomic mass is 9.85. The summed E-state index contributed by atoms with van der Waals surface area (Å²) in [4.78, 5) is 24.2. The van der Waals surface area contributed by atoms with Gasteiger partial charge in [-0.25, -0.2) is 4.39 Å². The maximum atomic E-state index is 13.9. The summed E-state index contributed by atoms with van der Waals surface area (Å²) in [6.45, 7) is 0. The predicted octanol–water partition coefficient (Wildman–Crippen LogP) is 2.32. The molecule has 4 nitrogen and oxygen atoms in total. The molecule has 1 aromatic carbocycles. The number of amides is 2. The maximum absolute atomic E-state index is 13.9. The number of carbonyl (C=O) groups excluding carboxylic acids is 2. The van der Waals surface area contributed by atoms with Crippen LogP contribution in [-0.2, 0) is 4.79 Å². The number of hydrogen-bond donors (Lipinski definition) is 2. The predicted molar refractivity (Wildman–Crippen MR) is 80.6 cm³/mol. The lowest BCUT2D eigenvalue weighted by molar-refractivity contribution is -0.122. The van der Waals surface area contributed by atoms with Crippen molar-refractivity contribution >= 4 is 23.6 Å². The zero-order chi connectivity index (χ0) is 15.4. The van der Waals surface area contributed by atoms with Gasteiger partial charge in [-0.2, -0.15) is 0 Å². The molecule has 0 spiro atoms. The molecule has 2 amide bonds. The number of halogens is 1. The molecule has 2 atom stereocenters. The summed E-state index contributed by atoms with van der Waals surface area (Å²) in [5.74, 6) is -1.48. The number of nitrogens with one attached hydrogen (secondary N) is 1. The first kappa shape index (κ1) is 15.8. The van der Waals surface area contributed by atoms with Gasteiger partial charge >= 0.3 is 0 Å². The Morgan fingerprint density at radius 1 is 1.38 bits per heavy atom. The normalized spacial score (nSPS) is 21.8. The topological polar surface area (TPSA) is 72.2 Å². The highest BCUT2D eigenvalue weighted by atomic mass is 32.2. The summed E-state index contributed by atoms with van der Waals surface area (Å²) in [5.41, 5.74) is 5.40. The van der Waals surface area contributed by atoms with Crippen LogP contribution in [0.2, 0.25) is 0 Å². The van der Waals surface area contributed by atoms with Crippen LogP contribution in [0.3, 0.4) is 0 Å². The zero-order valence-corrected chi connectivity index (χ0v) is 12.7. The minimum Gasteiger partial charge on any atom is -0.369 e. The van der Waals surface area contributed by atoms with Crippen molar-refractivity contribution in [1.29, 1.82) is 0 Å². The van der Waals surface area contributed by atoms with Crippen LogP contribution in [0.15, 0.2) is 23.1 Å². The Kier molecular flexibility index (Phi) is 5.22. The van der Waals surface area contributed by atoms with E-state index in [2.05, 4.69) is 5.32 Å². The molecule has 114 valence electrons. The molecule has 2 rings (SSSR count). The minimum absolute atomic E-state index is 0.0752. The number of primary amides is 1. The van der Waals surface area contributed by atoms with Crippen molar-refractivity contribution < 1.29 is 14.0 Å². The molecule has 0 aliphatic heterocycles. The van der Waals surface area contributed by atoms with E-state index in [0.29, 0.717) is 11.3 Å². The Balaban J connectivity index is 2.10. The number of benzene rings is 1. The first-order valence-electron chi connectivity index (χ1n) is 6.95. The summed E-state index contributed by atoms with van der Waals surface area (Å²) in [6.07, 6.45) is 4.72. The molecule has 3 N–H and O–H groups in total. The zero-order valence-electron chi connectivity index (χ0n) is 11.9. The van der Waals surface area contributed by atoms with E-state index >= 15 is 0 Å². The Morgan fingerprint density at radius 2 is 2.14 bits per heavy atom. The highest BCUT2D eigenvalue weighted by molar-refractivity contribution is 7.98. The van der Waals surface area contributed by atoms with E-state index in [1.807, 2.05) is 0 Å². The van der Waals surface area contributed by atoms with Gasteiger partial charge in [-0.1, -0.05) is 12.5 Å². The average Bonchev–Trinajstić information content (AvgIpc) is 2.46. The van der Waals surface area contributed by atoms with Crippen molar-refractivity contribution in [2.24, 2.45) is 11.7 Å². The van der Waals surface area contributed by atoms with E-state index < -0.39 is 11.7 Å². The first-order chi connectivity index (χ1) is 10.0. The molecule has 6 heteroatoms. The maximum Gasteiger partial charge on any atom is 0.255 e. The fraction of sp³-hybridized carbons (Fsp3) is 0.467. The van der Waals surface area contributed by atoms with Crippen LogP contribution >= 0.6 is 11.8 Å². The van der Waals surface area contributed by atoms with Crippen molar-refractivity contribution in [1.82, 2.24) is 5.32 Å². The van der Waals surface area contributed by atoms with E-state index in [0.717, 1.165) is 19.3 Å². The van der Waals surface area contributed by atoms with E-state index in [9.17, 15) is 14.0 Å². The van der Waals surface area contributed by atoms with Crippen molar-refractivity contribution in [3.05, 3.63) is 29.6 Å². The van der Waals surface area contributed by atoms with Crippen molar-refractivity contribution in [2.75, 3.05) is 6.26 Å². The molecule has 1 saturated carbocycles. The molecular formula is C15H19FN2O2S. The second-order valence-electron chi connectivity index (χ2n) is 5.25. The summed E-state index contributed by atoms with van der Waals surface area (Å²) < 4.78 is 13.9. The largest absolute Gasteiger partial charge is 0.369 e. The third-order valence-electron chi connectivity index (χ3n) is 3.83. The van der Waals surface area contributed by atoms with Gasteiger partial charge in [0.2, 0.25) is 5.91 Å². The van der Waals surface area contributed by atoms with Gasteiger partial charge in [0.1, 0.15) is 5.82 Å². The van der Waals surface area contributed by atoms with E-state index in [1.165, 1.54) is 17.8 Å². The lowest BCUT2D eigenvalue weighted by Crippen LogP contribution is -2.41. The molecule has 1 aromatic rings. The minimum atomic E-state index is -0.526. The van der Waals surface area contributed by atoms with Gasteiger partial charge in [-0.15, -0.1) is 11.8 Å². The van der Waals surface area contributed by atoms with E-state index in [-0.39, 0.29) is 23.4 Å². The van der Waals surface area contributed by atoms with Crippen LogP contribution in [0.25, 0.3) is 0 Å². The molecule has 0 saturated heterocycles. The second-order valence-corrected chi connectivity index (χ2v) is 6.10. The van der Waals surface area contributed by atoms with Gasteiger partial charge in [-0.3, -0.25) is 9.59 Å². The number of hydrogen-bond acceptors (Lipinski definition) is 3. The molecule has 0 aromatic heterocycles. The van der Waals surface area contributed by atoms with Gasteiger partial charge in [0, 0.05) is 16.9 Å². The van der Waals surface area contributed by atoms with Crippen LogP contribution in [0.4, 0.5) is 4.39 Å². The number of thioether (sulfide) groups is 1. The van der Waals surface area contributed by atoms with Crippen LogP contribution in [0.1, 0.15) is 36.0 Å². The molecule has 0 radical (unpaired) electrons. The van der Waals surface area contributed by atoms with Gasteiger partial charge in [0.05, 0.1) is 5.56 Å². The highest BCUT2D eigenvalue weighted by Gasteiger charge is 2.28. The molecule has 1 fully saturated rings. The van der Waals surface area contributed by atoms with Gasteiger partial charge < -0.3 is 11.1 Å². The smallest absolute Gasteiger partial charge is 0.255 e. The average molecular weight is 310 g/mol. The molecule has 0 unspecified atom stereocenters. The van der Waals surface area contributed by atoms with Crippen molar-refractivity contribution in [3.63, 3.8) is 0 Å². The molecule has 1 aliphatic carbocycles. The number of nitrogens with two attached hydrogens (primary N) is 1. The third-order valence-corrected chi connectivity index (χ3v) is 4.61. The van der Waals surface area contributed by atoms with Crippen LogP contribution < -0.4 is 11.1 Å². The van der Waals surface area contributed by atoms with E-state index in [4.69, 9.17) is 5.73 Å². The Labute approximate surface area is 127 Å². The standard InChI is InChI=1S/C15H19FN2O2S/c1-21-12-7-3-6-11(16)13(12)15(20)18-10-5-2-4-9(8-10)14(17)19/h3,6-7,9-10H,2,4-5,8H2,1H3,(H2,17,19)(H,18,20)/t9-,10-/m0/s1. The monoisotopic (exact) mass is 310 g/mol. The fourth-order valence-corrected chi connectivity index (χ4v) is 3.34. The fourth-order valence-electron chi connectivity index (χ4n) is 2.73. The molecule has 0 heterocycles. The number of carbonyl (C=O) groups is 2.